The van der Waals surface area contributed by atoms with Gasteiger partial charge in [0.05, 0.1) is 0 Å². The van der Waals surface area contributed by atoms with E-state index in [1.54, 1.807) is 0 Å². The van der Waals surface area contributed by atoms with Crippen molar-refractivity contribution in [2.75, 3.05) is 0 Å². The average molecular weight is 277 g/mol. The molecule has 1 heteroatoms. The summed E-state index contributed by atoms with van der Waals surface area (Å²) >= 11 is 0. The molecule has 0 aliphatic rings. The monoisotopic (exact) mass is 277 g/mol. The van der Waals surface area contributed by atoms with Crippen LogP contribution >= 0.6 is 0 Å². The van der Waals surface area contributed by atoms with E-state index in [-0.39, 0.29) is 5.41 Å². The number of fused-ring (bicyclic) bond motifs is 1. The lowest BCUT2D eigenvalue weighted by Gasteiger charge is -2.18. The summed E-state index contributed by atoms with van der Waals surface area (Å²) in [5, 5.41) is 1.29. The van der Waals surface area contributed by atoms with E-state index in [1.165, 1.54) is 33.3 Å². The maximum absolute atomic E-state index is 3.53. The van der Waals surface area contributed by atoms with Crippen molar-refractivity contribution in [3.8, 4) is 11.3 Å². The molecule has 1 N–H and O–H groups in total. The highest BCUT2D eigenvalue weighted by atomic mass is 14.7. The summed E-state index contributed by atoms with van der Waals surface area (Å²) in [6.07, 6.45) is 1.09. The smallest absolute Gasteiger partial charge is 0.0464 e. The van der Waals surface area contributed by atoms with Crippen LogP contribution in [0, 0.1) is 0 Å². The van der Waals surface area contributed by atoms with Crippen molar-refractivity contribution < 1.29 is 0 Å². The van der Waals surface area contributed by atoms with Gasteiger partial charge >= 0.3 is 0 Å². The van der Waals surface area contributed by atoms with Gasteiger partial charge in [-0.3, -0.25) is 0 Å². The summed E-state index contributed by atoms with van der Waals surface area (Å²) in [7, 11) is 0. The van der Waals surface area contributed by atoms with Crippen LogP contribution in [-0.2, 0) is 11.8 Å². The van der Waals surface area contributed by atoms with E-state index in [2.05, 4.69) is 81.2 Å². The molecule has 0 saturated carbocycles. The van der Waals surface area contributed by atoms with Crippen molar-refractivity contribution >= 4 is 10.9 Å². The molecule has 0 saturated heterocycles. The molecule has 2 aromatic carbocycles. The van der Waals surface area contributed by atoms with Crippen molar-refractivity contribution in [2.45, 2.75) is 39.5 Å². The zero-order valence-electron chi connectivity index (χ0n) is 13.3. The first kappa shape index (κ1) is 13.9. The van der Waals surface area contributed by atoms with Gasteiger partial charge < -0.3 is 4.98 Å². The van der Waals surface area contributed by atoms with Crippen LogP contribution in [-0.4, -0.2) is 4.98 Å². The zero-order chi connectivity index (χ0) is 15.0. The average Bonchev–Trinajstić information content (AvgIpc) is 2.89. The third kappa shape index (κ3) is 2.73. The van der Waals surface area contributed by atoms with Gasteiger partial charge in [-0.25, -0.2) is 0 Å². The Kier molecular flexibility index (Phi) is 3.36. The second kappa shape index (κ2) is 5.07. The van der Waals surface area contributed by atoms with Gasteiger partial charge in [0.15, 0.2) is 0 Å². The maximum atomic E-state index is 3.53. The number of aromatic nitrogens is 1. The standard InChI is InChI=1S/C20H23N/c1-5-14-6-8-15(9-7-14)19-13-16-12-17(20(2,3)4)10-11-18(16)21-19/h6-13,21H,5H2,1-4H3. The van der Waals surface area contributed by atoms with Gasteiger partial charge in [-0.05, 0) is 46.7 Å². The molecule has 0 aliphatic heterocycles. The third-order valence-electron chi connectivity index (χ3n) is 4.16. The molecule has 0 fully saturated rings. The number of benzene rings is 2. The molecule has 1 aromatic heterocycles. The highest BCUT2D eigenvalue weighted by Gasteiger charge is 2.14. The quantitative estimate of drug-likeness (QED) is 0.619. The minimum Gasteiger partial charge on any atom is -0.355 e. The van der Waals surface area contributed by atoms with Crippen LogP contribution in [0.25, 0.3) is 22.2 Å². The zero-order valence-corrected chi connectivity index (χ0v) is 13.3. The largest absolute Gasteiger partial charge is 0.355 e. The van der Waals surface area contributed by atoms with Crippen molar-refractivity contribution in [1.82, 2.24) is 4.98 Å². The van der Waals surface area contributed by atoms with E-state index in [9.17, 15) is 0 Å². The summed E-state index contributed by atoms with van der Waals surface area (Å²) in [5.74, 6) is 0. The van der Waals surface area contributed by atoms with Gasteiger partial charge in [-0.15, -0.1) is 0 Å². The fourth-order valence-electron chi connectivity index (χ4n) is 2.67. The Morgan fingerprint density at radius 3 is 2.24 bits per heavy atom. The molecule has 0 atom stereocenters. The summed E-state index contributed by atoms with van der Waals surface area (Å²) in [6.45, 7) is 8.95. The van der Waals surface area contributed by atoms with Gasteiger partial charge in [-0.2, -0.15) is 0 Å². The summed E-state index contributed by atoms with van der Waals surface area (Å²) in [6, 6.07) is 17.8. The van der Waals surface area contributed by atoms with E-state index >= 15 is 0 Å². The second-order valence-electron chi connectivity index (χ2n) is 6.79. The summed E-state index contributed by atoms with van der Waals surface area (Å²) in [5.41, 5.74) is 6.60. The highest BCUT2D eigenvalue weighted by Crippen LogP contribution is 2.29. The number of rotatable bonds is 2. The SMILES string of the molecule is CCc1ccc(-c2cc3cc(C(C)(C)C)ccc3[nH]2)cc1. The van der Waals surface area contributed by atoms with E-state index < -0.39 is 0 Å². The Hall–Kier alpha value is -2.02. The number of aryl methyl sites for hydroxylation is 1. The van der Waals surface area contributed by atoms with E-state index in [1.807, 2.05) is 0 Å². The Morgan fingerprint density at radius 2 is 1.62 bits per heavy atom. The van der Waals surface area contributed by atoms with Crippen LogP contribution in [0.3, 0.4) is 0 Å². The molecule has 1 heterocycles. The predicted molar refractivity (Wildman–Crippen MR) is 91.8 cm³/mol. The maximum Gasteiger partial charge on any atom is 0.0464 e. The number of hydrogen-bond donors (Lipinski definition) is 1. The van der Waals surface area contributed by atoms with E-state index in [4.69, 9.17) is 0 Å². The van der Waals surface area contributed by atoms with Gasteiger partial charge in [0.25, 0.3) is 0 Å². The topological polar surface area (TPSA) is 15.8 Å². The molecule has 0 radical (unpaired) electrons. The molecule has 0 amide bonds. The molecule has 0 spiro atoms. The number of hydrogen-bond acceptors (Lipinski definition) is 0. The third-order valence-corrected chi connectivity index (χ3v) is 4.16. The molecule has 108 valence electrons. The normalized spacial score (nSPS) is 12.0. The molecule has 0 bridgehead atoms. The Labute approximate surface area is 127 Å². The van der Waals surface area contributed by atoms with Gasteiger partial charge in [-0.1, -0.05) is 58.0 Å². The molecule has 21 heavy (non-hydrogen) atoms. The lowest BCUT2D eigenvalue weighted by molar-refractivity contribution is 0.591. The number of H-pyrrole nitrogens is 1. The molecule has 3 aromatic rings. The van der Waals surface area contributed by atoms with Crippen molar-refractivity contribution in [3.05, 3.63) is 59.7 Å². The van der Waals surface area contributed by atoms with E-state index in [0.717, 1.165) is 6.42 Å². The molecule has 3 rings (SSSR count). The van der Waals surface area contributed by atoms with Crippen molar-refractivity contribution in [1.29, 1.82) is 0 Å². The second-order valence-corrected chi connectivity index (χ2v) is 6.79. The van der Waals surface area contributed by atoms with Gasteiger partial charge in [0, 0.05) is 16.6 Å². The van der Waals surface area contributed by atoms with E-state index in [0.29, 0.717) is 0 Å². The minimum absolute atomic E-state index is 0.189. The fraction of sp³-hybridized carbons (Fsp3) is 0.300. The fourth-order valence-corrected chi connectivity index (χ4v) is 2.67. The first-order valence-corrected chi connectivity index (χ1v) is 7.70. The Balaban J connectivity index is 2.04. The molecule has 1 nitrogen and oxygen atoms in total. The Bertz CT molecular complexity index is 755. The van der Waals surface area contributed by atoms with Crippen LogP contribution in [0.4, 0.5) is 0 Å². The molecule has 0 unspecified atom stereocenters. The lowest BCUT2D eigenvalue weighted by atomic mass is 9.86. The highest BCUT2D eigenvalue weighted by molar-refractivity contribution is 5.86. The molecular formula is C20H23N. The first-order valence-electron chi connectivity index (χ1n) is 7.70. The lowest BCUT2D eigenvalue weighted by Crippen LogP contribution is -2.10. The number of nitrogens with one attached hydrogen (secondary N) is 1. The van der Waals surface area contributed by atoms with Crippen LogP contribution in [0.15, 0.2) is 48.5 Å². The molecular weight excluding hydrogens is 254 g/mol. The Morgan fingerprint density at radius 1 is 0.905 bits per heavy atom. The molecule has 0 aliphatic carbocycles. The van der Waals surface area contributed by atoms with Crippen molar-refractivity contribution in [2.24, 2.45) is 0 Å². The first-order chi connectivity index (χ1) is 9.97. The van der Waals surface area contributed by atoms with Crippen molar-refractivity contribution in [3.63, 3.8) is 0 Å². The van der Waals surface area contributed by atoms with Crippen LogP contribution in [0.2, 0.25) is 0 Å². The van der Waals surface area contributed by atoms with Gasteiger partial charge in [0.1, 0.15) is 0 Å². The van der Waals surface area contributed by atoms with Crippen LogP contribution in [0.5, 0.6) is 0 Å². The predicted octanol–water partition coefficient (Wildman–Crippen LogP) is 5.69. The van der Waals surface area contributed by atoms with Gasteiger partial charge in [0.2, 0.25) is 0 Å². The minimum atomic E-state index is 0.189. The van der Waals surface area contributed by atoms with Crippen LogP contribution in [0.1, 0.15) is 38.8 Å². The number of aromatic amines is 1. The summed E-state index contributed by atoms with van der Waals surface area (Å²) in [4.78, 5) is 3.53. The summed E-state index contributed by atoms with van der Waals surface area (Å²) < 4.78 is 0. The van der Waals surface area contributed by atoms with Crippen LogP contribution < -0.4 is 0 Å².